The van der Waals surface area contributed by atoms with Gasteiger partial charge < -0.3 is 14.7 Å². The number of halogens is 6. The van der Waals surface area contributed by atoms with Gasteiger partial charge in [-0.2, -0.15) is 26.3 Å². The molecule has 0 spiro atoms. The minimum atomic E-state index is -5.93. The Balaban J connectivity index is 1.92. The van der Waals surface area contributed by atoms with Gasteiger partial charge in [0, 0.05) is 36.9 Å². The molecule has 12 heteroatoms. The summed E-state index contributed by atoms with van der Waals surface area (Å²) in [6.45, 7) is 3.82. The number of rotatable bonds is 9. The fraction of sp³-hybridized carbons (Fsp3) is 0.462. The van der Waals surface area contributed by atoms with E-state index in [4.69, 9.17) is 4.74 Å². The third kappa shape index (κ3) is 6.75. The van der Waals surface area contributed by atoms with Crippen LogP contribution < -0.4 is 9.64 Å². The lowest BCUT2D eigenvalue weighted by Gasteiger charge is -2.43. The van der Waals surface area contributed by atoms with Crippen LogP contribution in [0.15, 0.2) is 58.8 Å². The number of hydrogen-bond donors (Lipinski definition) is 1. The van der Waals surface area contributed by atoms with Gasteiger partial charge in [-0.05, 0) is 60.9 Å². The molecule has 3 rings (SSSR count). The van der Waals surface area contributed by atoms with E-state index in [-0.39, 0.29) is 6.04 Å². The largest absolute Gasteiger partial charge is 0.497 e. The van der Waals surface area contributed by atoms with Gasteiger partial charge in [-0.3, -0.25) is 0 Å². The Morgan fingerprint density at radius 3 is 2.26 bits per heavy atom. The quantitative estimate of drug-likeness (QED) is 0.254. The van der Waals surface area contributed by atoms with Crippen LogP contribution >= 0.6 is 23.7 Å². The topological polar surface area (TPSA) is 35.9 Å². The van der Waals surface area contributed by atoms with Gasteiger partial charge in [-0.25, -0.2) is 4.31 Å². The molecule has 1 aliphatic rings. The van der Waals surface area contributed by atoms with Crippen molar-refractivity contribution in [1.82, 2.24) is 4.31 Å². The molecular weight excluding hydrogens is 550 g/mol. The predicted octanol–water partition coefficient (Wildman–Crippen LogP) is 7.00. The second-order valence-corrected chi connectivity index (χ2v) is 11.0. The predicted molar refractivity (Wildman–Crippen MR) is 141 cm³/mol. The zero-order chi connectivity index (χ0) is 28.1. The molecule has 1 atom stereocenters. The molecule has 0 aromatic heterocycles. The highest BCUT2D eigenvalue weighted by Gasteiger charge is 2.71. The average Bonchev–Trinajstić information content (AvgIpc) is 2.87. The van der Waals surface area contributed by atoms with Crippen LogP contribution in [0.25, 0.3) is 0 Å². The fourth-order valence-corrected chi connectivity index (χ4v) is 6.19. The van der Waals surface area contributed by atoms with E-state index >= 15 is 0 Å². The van der Waals surface area contributed by atoms with E-state index in [0.717, 1.165) is 16.2 Å². The molecule has 0 saturated carbocycles. The van der Waals surface area contributed by atoms with E-state index in [1.54, 1.807) is 30.8 Å². The number of benzene rings is 2. The van der Waals surface area contributed by atoms with Crippen molar-refractivity contribution in [3.05, 3.63) is 70.0 Å². The molecule has 1 N–H and O–H groups in total. The highest BCUT2D eigenvalue weighted by molar-refractivity contribution is 8.20. The van der Waals surface area contributed by atoms with Gasteiger partial charge >= 0.3 is 12.4 Å². The molecule has 1 aliphatic heterocycles. The van der Waals surface area contributed by atoms with Crippen molar-refractivity contribution in [3.8, 4) is 5.75 Å². The number of piperazine rings is 1. The number of methoxy groups -OCH3 is 1. The second-order valence-electron chi connectivity index (χ2n) is 8.77. The zero-order valence-corrected chi connectivity index (χ0v) is 22.8. The molecule has 1 heterocycles. The molecule has 210 valence electrons. The monoisotopic (exact) mass is 580 g/mol. The van der Waals surface area contributed by atoms with E-state index in [9.17, 15) is 31.4 Å². The summed E-state index contributed by atoms with van der Waals surface area (Å²) in [7, 11) is 1.57. The molecular formula is C26H30F6N2O2S2. The number of aliphatic hydroxyl groups is 1. The van der Waals surface area contributed by atoms with Crippen LogP contribution in [-0.2, 0) is 12.0 Å². The minimum Gasteiger partial charge on any atom is -0.497 e. The first-order chi connectivity index (χ1) is 17.8. The van der Waals surface area contributed by atoms with Crippen molar-refractivity contribution in [3.63, 3.8) is 0 Å². The summed E-state index contributed by atoms with van der Waals surface area (Å²) in [6.07, 6.45) is -6.23. The summed E-state index contributed by atoms with van der Waals surface area (Å²) < 4.78 is 88.7. The van der Waals surface area contributed by atoms with Crippen molar-refractivity contribution in [2.75, 3.05) is 37.9 Å². The lowest BCUT2D eigenvalue weighted by Crippen LogP contribution is -2.54. The maximum Gasteiger partial charge on any atom is 0.430 e. The van der Waals surface area contributed by atoms with Crippen LogP contribution in [0.5, 0.6) is 5.75 Å². The minimum absolute atomic E-state index is 0.122. The second kappa shape index (κ2) is 12.4. The van der Waals surface area contributed by atoms with Crippen LogP contribution in [-0.4, -0.2) is 60.8 Å². The van der Waals surface area contributed by atoms with Crippen LogP contribution in [0.1, 0.15) is 24.5 Å². The number of alkyl halides is 6. The Hall–Kier alpha value is -2.02. The van der Waals surface area contributed by atoms with Crippen LogP contribution in [0.3, 0.4) is 0 Å². The number of nitrogens with zero attached hydrogens (tertiary/aromatic N) is 2. The van der Waals surface area contributed by atoms with E-state index in [1.165, 1.54) is 12.1 Å². The first-order valence-electron chi connectivity index (χ1n) is 11.9. The molecule has 38 heavy (non-hydrogen) atoms. The lowest BCUT2D eigenvalue weighted by molar-refractivity contribution is -0.376. The normalized spacial score (nSPS) is 18.1. The maximum absolute atomic E-state index is 13.3. The Morgan fingerprint density at radius 2 is 1.71 bits per heavy atom. The standard InChI is InChI=1S/C26H30F6N2O2S2/c1-4-6-23(37-3)38-33-13-14-34(21(17-33)15-18-7-5-8-22(16-18)36-2)20-11-9-19(10-12-20)24(35,25(27,28)29)26(30,31)32/h5-12,16,21,35H,4,13-15,17H2,1-3H3/b23-6+. The fourth-order valence-electron chi connectivity index (χ4n) is 4.33. The van der Waals surface area contributed by atoms with Gasteiger partial charge in [0.1, 0.15) is 5.75 Å². The van der Waals surface area contributed by atoms with Gasteiger partial charge in [0.15, 0.2) is 0 Å². The van der Waals surface area contributed by atoms with Crippen molar-refractivity contribution in [2.24, 2.45) is 0 Å². The Bertz CT molecular complexity index is 1080. The maximum atomic E-state index is 13.3. The summed E-state index contributed by atoms with van der Waals surface area (Å²) in [5.41, 5.74) is -4.75. The van der Waals surface area contributed by atoms with Gasteiger partial charge in [0.25, 0.3) is 5.60 Å². The van der Waals surface area contributed by atoms with Gasteiger partial charge in [-0.15, -0.1) is 11.8 Å². The van der Waals surface area contributed by atoms with Crippen LogP contribution in [0, 0.1) is 0 Å². The molecule has 2 aromatic rings. The molecule has 0 bridgehead atoms. The summed E-state index contributed by atoms with van der Waals surface area (Å²) >= 11 is 3.29. The third-order valence-corrected chi connectivity index (χ3v) is 8.51. The summed E-state index contributed by atoms with van der Waals surface area (Å²) in [4.78, 5) is 1.99. The molecule has 0 aliphatic carbocycles. The first kappa shape index (κ1) is 30.5. The van der Waals surface area contributed by atoms with Gasteiger partial charge in [0.2, 0.25) is 0 Å². The highest BCUT2D eigenvalue weighted by Crippen LogP contribution is 2.50. The van der Waals surface area contributed by atoms with Crippen LogP contribution in [0.4, 0.5) is 32.0 Å². The van der Waals surface area contributed by atoms with E-state index in [1.807, 2.05) is 35.4 Å². The van der Waals surface area contributed by atoms with Crippen molar-refractivity contribution >= 4 is 29.4 Å². The third-order valence-electron chi connectivity index (χ3n) is 6.28. The molecule has 0 radical (unpaired) electrons. The van der Waals surface area contributed by atoms with Crippen molar-refractivity contribution in [1.29, 1.82) is 0 Å². The van der Waals surface area contributed by atoms with Crippen molar-refractivity contribution in [2.45, 2.75) is 43.8 Å². The Kier molecular flexibility index (Phi) is 9.99. The van der Waals surface area contributed by atoms with Gasteiger partial charge in [-0.1, -0.05) is 37.3 Å². The Morgan fingerprint density at radius 1 is 1.05 bits per heavy atom. The number of anilines is 1. The summed E-state index contributed by atoms with van der Waals surface area (Å²) in [6, 6.07) is 11.3. The molecule has 0 amide bonds. The van der Waals surface area contributed by atoms with Crippen molar-refractivity contribution < 1.29 is 36.2 Å². The zero-order valence-electron chi connectivity index (χ0n) is 21.1. The molecule has 1 unspecified atom stereocenters. The number of hydrogen-bond acceptors (Lipinski definition) is 6. The Labute approximate surface area is 227 Å². The van der Waals surface area contributed by atoms with E-state index in [2.05, 4.69) is 17.3 Å². The smallest absolute Gasteiger partial charge is 0.430 e. The molecule has 4 nitrogen and oxygen atoms in total. The lowest BCUT2D eigenvalue weighted by atomic mass is 9.92. The number of ether oxygens (including phenoxy) is 1. The average molecular weight is 581 g/mol. The molecule has 1 fully saturated rings. The van der Waals surface area contributed by atoms with Gasteiger partial charge in [0.05, 0.1) is 11.3 Å². The van der Waals surface area contributed by atoms with Crippen LogP contribution in [0.2, 0.25) is 0 Å². The first-order valence-corrected chi connectivity index (χ1v) is 13.9. The summed E-state index contributed by atoms with van der Waals surface area (Å²) in [5.74, 6) is 0.689. The summed E-state index contributed by atoms with van der Waals surface area (Å²) in [5, 5.41) is 9.75. The molecule has 2 aromatic carbocycles. The SMILES string of the molecule is CC/C=C(\SC)SN1CCN(c2ccc(C(O)(C(F)(F)F)C(F)(F)F)cc2)C(Cc2cccc(OC)c2)C1. The van der Waals surface area contributed by atoms with E-state index in [0.29, 0.717) is 49.6 Å². The van der Waals surface area contributed by atoms with E-state index < -0.39 is 23.5 Å². The number of thioether (sulfide) groups is 1. The number of allylic oxidation sites excluding steroid dienone is 1. The highest BCUT2D eigenvalue weighted by atomic mass is 32.2. The molecule has 1 saturated heterocycles.